The highest BCUT2D eigenvalue weighted by molar-refractivity contribution is 6.31. The van der Waals surface area contributed by atoms with Gasteiger partial charge in [-0.2, -0.15) is 0 Å². The Morgan fingerprint density at radius 2 is 1.31 bits per heavy atom. The smallest absolute Gasteiger partial charge is 0.407 e. The lowest BCUT2D eigenvalue weighted by molar-refractivity contribution is -0.313. The Balaban J connectivity index is 1.86. The van der Waals surface area contributed by atoms with Crippen LogP contribution in [0.25, 0.3) is 0 Å². The molecule has 0 bridgehead atoms. The number of alkyl carbamates (subject to hydrolysis) is 1. The number of nitrogens with one attached hydrogen (secondary N) is 5. The molecule has 0 saturated carbocycles. The van der Waals surface area contributed by atoms with E-state index in [9.17, 15) is 38.4 Å². The van der Waals surface area contributed by atoms with Gasteiger partial charge in [0.2, 0.25) is 5.91 Å². The molecule has 1 heterocycles. The number of methoxy groups -OCH3 is 1. The highest BCUT2D eigenvalue weighted by Crippen LogP contribution is 2.37. The quantitative estimate of drug-likeness (QED) is 0.0384. The first-order chi connectivity index (χ1) is 34.2. The lowest BCUT2D eigenvalue weighted by atomic mass is 9.87. The average Bonchev–Trinajstić information content (AvgIpc) is 3.29. The molecule has 0 unspecified atom stereocenters. The zero-order valence-corrected chi connectivity index (χ0v) is 43.3. The summed E-state index contributed by atoms with van der Waals surface area (Å²) >= 11 is 6.07. The van der Waals surface area contributed by atoms with Crippen LogP contribution in [0.2, 0.25) is 5.02 Å². The molecule has 25 heteroatoms. The fourth-order valence-corrected chi connectivity index (χ4v) is 7.11. The van der Waals surface area contributed by atoms with Crippen molar-refractivity contribution in [3.05, 3.63) is 34.9 Å². The van der Waals surface area contributed by atoms with E-state index in [1.807, 2.05) is 0 Å². The number of amides is 5. The van der Waals surface area contributed by atoms with Crippen LogP contribution in [0.3, 0.4) is 0 Å². The number of ether oxygens (including phenoxy) is 11. The third-order valence-electron chi connectivity index (χ3n) is 9.85. The maximum absolute atomic E-state index is 13.7. The van der Waals surface area contributed by atoms with Gasteiger partial charge in [-0.15, -0.1) is 0 Å². The Morgan fingerprint density at radius 1 is 0.722 bits per heavy atom. The molecule has 5 N–H and O–H groups in total. The number of unbranched alkanes of at least 4 members (excludes halogenated alkanes) is 3. The van der Waals surface area contributed by atoms with Crippen molar-refractivity contribution < 1.29 is 90.5 Å². The van der Waals surface area contributed by atoms with Crippen LogP contribution in [-0.2, 0) is 76.1 Å². The van der Waals surface area contributed by atoms with Crippen molar-refractivity contribution in [2.24, 2.45) is 0 Å². The van der Waals surface area contributed by atoms with E-state index in [-0.39, 0.29) is 36.4 Å². The molecule has 0 radical (unpaired) electrons. The number of hydrogen-bond acceptors (Lipinski definition) is 19. The largest absolute Gasteiger partial charge is 0.465 e. The van der Waals surface area contributed by atoms with Gasteiger partial charge in [0.05, 0.1) is 85.6 Å². The number of halogens is 1. The molecule has 24 nitrogen and oxygen atoms in total. The molecule has 1 aromatic carbocycles. The predicted molar refractivity (Wildman–Crippen MR) is 256 cm³/mol. The summed E-state index contributed by atoms with van der Waals surface area (Å²) in [6.45, 7) is 13.0. The number of urea groups is 1. The molecule has 1 aromatic rings. The van der Waals surface area contributed by atoms with E-state index in [0.29, 0.717) is 85.0 Å². The number of carbonyl (C=O) groups is 8. The van der Waals surface area contributed by atoms with Crippen molar-refractivity contribution in [3.8, 4) is 0 Å². The molecule has 6 atom stereocenters. The number of esters is 4. The van der Waals surface area contributed by atoms with Gasteiger partial charge in [-0.05, 0) is 51.8 Å². The topological polar surface area (TPSA) is 298 Å². The Hall–Kier alpha value is -5.37. The second kappa shape index (κ2) is 34.1. The van der Waals surface area contributed by atoms with E-state index in [1.54, 1.807) is 32.9 Å². The predicted octanol–water partition coefficient (Wildman–Crippen LogP) is 2.50. The number of rotatable bonds is 33. The molecule has 5 amide bonds. The first-order valence-corrected chi connectivity index (χ1v) is 24.1. The standard InChI is InChI=1S/C47H74ClN5O19/c1-31(54)53-39-37(68-32(2)55)29-47(43(59)62-8,71-41(39)40(70-34(4)57)38(69-33(3)56)30-52-42(58)35-14-13-15-36(48)28-35)67-19-12-10-9-11-16-49-44(60)50-17-20-63-22-24-65-26-27-66-25-23-64-21-18-51-45(61)72-46(5,6)7/h13-15,28,37-41H,9-12,16-27,29-30H2,1-8H3,(H,51,61)(H,52,58)(H,53,54)(H2,49,50,60)/t37-,38+,39+,40+,41+,47+/m0/s1. The summed E-state index contributed by atoms with van der Waals surface area (Å²) in [6, 6.07) is 4.31. The third kappa shape index (κ3) is 26.4. The normalized spacial score (nSPS) is 18.3. The zero-order valence-electron chi connectivity index (χ0n) is 42.6. The van der Waals surface area contributed by atoms with Gasteiger partial charge in [-0.1, -0.05) is 30.5 Å². The molecule has 72 heavy (non-hydrogen) atoms. The molecule has 408 valence electrons. The van der Waals surface area contributed by atoms with Crippen molar-refractivity contribution in [1.82, 2.24) is 26.6 Å². The number of carbonyl (C=O) groups excluding carboxylic acids is 8. The molecule has 0 aliphatic carbocycles. The maximum atomic E-state index is 13.7. The summed E-state index contributed by atoms with van der Waals surface area (Å²) in [5.41, 5.74) is -0.399. The van der Waals surface area contributed by atoms with Gasteiger partial charge in [-0.3, -0.25) is 24.0 Å². The summed E-state index contributed by atoms with van der Waals surface area (Å²) in [5.74, 6) is -7.17. The third-order valence-corrected chi connectivity index (χ3v) is 10.1. The molecular weight excluding hydrogens is 974 g/mol. The van der Waals surface area contributed by atoms with Crippen molar-refractivity contribution in [3.63, 3.8) is 0 Å². The number of benzene rings is 1. The minimum atomic E-state index is -2.31. The number of hydrogen-bond donors (Lipinski definition) is 5. The van der Waals surface area contributed by atoms with E-state index in [2.05, 4.69) is 26.6 Å². The average molecular weight is 1050 g/mol. The second-order valence-electron chi connectivity index (χ2n) is 17.2. The molecule has 2 rings (SSSR count). The zero-order chi connectivity index (χ0) is 53.5. The summed E-state index contributed by atoms with van der Waals surface area (Å²) in [7, 11) is 1.08. The summed E-state index contributed by atoms with van der Waals surface area (Å²) < 4.78 is 61.4. The molecule has 0 spiro atoms. The monoisotopic (exact) mass is 1050 g/mol. The van der Waals surface area contributed by atoms with Crippen LogP contribution in [0.4, 0.5) is 9.59 Å². The van der Waals surface area contributed by atoms with Crippen LogP contribution in [0, 0.1) is 0 Å². The van der Waals surface area contributed by atoms with Crippen LogP contribution in [0.5, 0.6) is 0 Å². The van der Waals surface area contributed by atoms with E-state index < -0.39 is 96.6 Å². The fraction of sp³-hybridized carbons (Fsp3) is 0.702. The van der Waals surface area contributed by atoms with Crippen LogP contribution in [0.15, 0.2) is 24.3 Å². The van der Waals surface area contributed by atoms with Crippen molar-refractivity contribution >= 4 is 59.4 Å². The minimum absolute atomic E-state index is 0.0951. The lowest BCUT2D eigenvalue weighted by Gasteiger charge is -2.48. The molecule has 1 aliphatic rings. The van der Waals surface area contributed by atoms with Crippen molar-refractivity contribution in [2.45, 2.75) is 122 Å². The molecule has 1 aliphatic heterocycles. The summed E-state index contributed by atoms with van der Waals surface area (Å²) in [4.78, 5) is 101. The lowest BCUT2D eigenvalue weighted by Crippen LogP contribution is -2.69. The van der Waals surface area contributed by atoms with Gasteiger partial charge in [0.15, 0.2) is 12.2 Å². The summed E-state index contributed by atoms with van der Waals surface area (Å²) in [6.07, 6.45) is -4.94. The Morgan fingerprint density at radius 3 is 1.86 bits per heavy atom. The van der Waals surface area contributed by atoms with Gasteiger partial charge in [0.25, 0.3) is 11.7 Å². The summed E-state index contributed by atoms with van der Waals surface area (Å²) in [5, 5.41) is 13.6. The van der Waals surface area contributed by atoms with E-state index in [0.717, 1.165) is 27.9 Å². The van der Waals surface area contributed by atoms with Crippen LogP contribution in [-0.4, -0.2) is 182 Å². The van der Waals surface area contributed by atoms with Crippen LogP contribution < -0.4 is 26.6 Å². The van der Waals surface area contributed by atoms with Gasteiger partial charge in [0.1, 0.15) is 17.8 Å². The van der Waals surface area contributed by atoms with Gasteiger partial charge in [0, 0.05) is 57.9 Å². The van der Waals surface area contributed by atoms with Crippen LogP contribution in [0.1, 0.15) is 90.9 Å². The fourth-order valence-electron chi connectivity index (χ4n) is 6.92. The Kier molecular flexibility index (Phi) is 29.7. The highest BCUT2D eigenvalue weighted by Gasteiger charge is 2.59. The molecule has 1 saturated heterocycles. The van der Waals surface area contributed by atoms with Crippen molar-refractivity contribution in [1.29, 1.82) is 0 Å². The minimum Gasteiger partial charge on any atom is -0.465 e. The van der Waals surface area contributed by atoms with Gasteiger partial charge in [-0.25, -0.2) is 14.4 Å². The highest BCUT2D eigenvalue weighted by atomic mass is 35.5. The van der Waals surface area contributed by atoms with Crippen LogP contribution >= 0.6 is 11.6 Å². The first kappa shape index (κ1) is 62.7. The van der Waals surface area contributed by atoms with E-state index >= 15 is 0 Å². The van der Waals surface area contributed by atoms with Gasteiger partial charge >= 0.3 is 36.0 Å². The second-order valence-corrected chi connectivity index (χ2v) is 17.6. The molecular formula is C47H74ClN5O19. The van der Waals surface area contributed by atoms with E-state index in [4.69, 9.17) is 63.7 Å². The first-order valence-electron chi connectivity index (χ1n) is 23.7. The van der Waals surface area contributed by atoms with E-state index in [1.165, 1.54) is 19.1 Å². The maximum Gasteiger partial charge on any atom is 0.407 e. The Labute approximate surface area is 425 Å². The molecule has 1 fully saturated rings. The van der Waals surface area contributed by atoms with Crippen molar-refractivity contribution in [2.75, 3.05) is 92.8 Å². The van der Waals surface area contributed by atoms with Gasteiger partial charge < -0.3 is 78.7 Å². The Bertz CT molecular complexity index is 1870. The molecule has 0 aromatic heterocycles. The SMILES string of the molecule is COC(=O)[C@@]1(OCCCCCCNC(=O)NCCOCCOCCOCCOCCNC(=O)OC(C)(C)C)C[C@H](OC(C)=O)[C@@H](NC(C)=O)[C@H]([C@H](OC(C)=O)[C@@H](CNC(=O)c2cccc(Cl)c2)OC(C)=O)O1.